The Balaban J connectivity index is 2.00. The third-order valence-electron chi connectivity index (χ3n) is 6.40. The molecule has 0 N–H and O–H groups in total. The zero-order valence-electron chi connectivity index (χ0n) is 23.5. The van der Waals surface area contributed by atoms with Crippen molar-refractivity contribution in [2.24, 2.45) is 0 Å². The standard InChI is InChI=1S/C29H36BrNO7S2/c1-21-7-15-26(16-8-21)39(32,33)31(23(3)20-37-40(34,35)27-17-9-22(2)10-18-27)19-28(38-29(4,5)36-6)24-11-13-25(30)14-12-24/h7-18,23,28H,19-20H2,1-6H3/t23-,28+/m0/s1. The number of benzene rings is 3. The molecule has 0 radical (unpaired) electrons. The first-order chi connectivity index (χ1) is 18.6. The fourth-order valence-electron chi connectivity index (χ4n) is 3.85. The van der Waals surface area contributed by atoms with Crippen molar-refractivity contribution in [3.8, 4) is 0 Å². The maximum absolute atomic E-state index is 14.0. The molecule has 0 bridgehead atoms. The monoisotopic (exact) mass is 653 g/mol. The Morgan fingerprint density at radius 1 is 0.825 bits per heavy atom. The molecule has 3 rings (SSSR count). The first kappa shape index (κ1) is 32.4. The number of ether oxygens (including phenoxy) is 2. The molecule has 3 aromatic rings. The lowest BCUT2D eigenvalue weighted by atomic mass is 10.1. The zero-order valence-corrected chi connectivity index (χ0v) is 26.7. The summed E-state index contributed by atoms with van der Waals surface area (Å²) >= 11 is 3.43. The molecule has 0 saturated heterocycles. The second-order valence-electron chi connectivity index (χ2n) is 10.1. The van der Waals surface area contributed by atoms with Gasteiger partial charge in [0.25, 0.3) is 10.1 Å². The number of hydrogen-bond acceptors (Lipinski definition) is 7. The van der Waals surface area contributed by atoms with Gasteiger partial charge in [-0.2, -0.15) is 12.7 Å². The van der Waals surface area contributed by atoms with Crippen LogP contribution in [-0.2, 0) is 33.8 Å². The number of sulfonamides is 1. The lowest BCUT2D eigenvalue weighted by Gasteiger charge is -2.35. The molecule has 3 aromatic carbocycles. The number of nitrogens with zero attached hydrogens (tertiary/aromatic N) is 1. The molecule has 0 amide bonds. The van der Waals surface area contributed by atoms with E-state index < -0.39 is 44.7 Å². The van der Waals surface area contributed by atoms with Gasteiger partial charge in [0.15, 0.2) is 5.79 Å². The molecule has 0 aliphatic carbocycles. The van der Waals surface area contributed by atoms with E-state index in [2.05, 4.69) is 15.9 Å². The number of methoxy groups -OCH3 is 1. The zero-order chi connectivity index (χ0) is 29.7. The summed E-state index contributed by atoms with van der Waals surface area (Å²) in [6, 6.07) is 19.2. The van der Waals surface area contributed by atoms with E-state index in [9.17, 15) is 16.8 Å². The van der Waals surface area contributed by atoms with Crippen molar-refractivity contribution < 1.29 is 30.5 Å². The highest BCUT2D eigenvalue weighted by Crippen LogP contribution is 2.30. The lowest BCUT2D eigenvalue weighted by Crippen LogP contribution is -2.45. The Kier molecular flexibility index (Phi) is 10.7. The first-order valence-corrected chi connectivity index (χ1v) is 16.3. The SMILES string of the molecule is COC(C)(C)O[C@H](CN([C@@H](C)COS(=O)(=O)c1ccc(C)cc1)S(=O)(=O)c1ccc(C)cc1)c1ccc(Br)cc1. The van der Waals surface area contributed by atoms with Crippen LogP contribution in [0.25, 0.3) is 0 Å². The van der Waals surface area contributed by atoms with Gasteiger partial charge >= 0.3 is 0 Å². The second kappa shape index (κ2) is 13.2. The fraction of sp³-hybridized carbons (Fsp3) is 0.379. The van der Waals surface area contributed by atoms with Crippen molar-refractivity contribution in [1.82, 2.24) is 4.31 Å². The minimum atomic E-state index is -4.12. The molecule has 40 heavy (non-hydrogen) atoms. The molecule has 0 aromatic heterocycles. The summed E-state index contributed by atoms with van der Waals surface area (Å²) in [6.07, 6.45) is -0.751. The molecule has 0 aliphatic heterocycles. The van der Waals surface area contributed by atoms with Crippen LogP contribution < -0.4 is 0 Å². The molecule has 0 spiro atoms. The van der Waals surface area contributed by atoms with Gasteiger partial charge in [-0.15, -0.1) is 0 Å². The molecular weight excluding hydrogens is 618 g/mol. The van der Waals surface area contributed by atoms with Gasteiger partial charge in [0, 0.05) is 24.2 Å². The summed E-state index contributed by atoms with van der Waals surface area (Å²) in [7, 11) is -6.71. The third kappa shape index (κ3) is 8.45. The van der Waals surface area contributed by atoms with Crippen LogP contribution in [0.5, 0.6) is 0 Å². The van der Waals surface area contributed by atoms with E-state index in [0.29, 0.717) is 0 Å². The molecule has 11 heteroatoms. The second-order valence-corrected chi connectivity index (χ2v) is 14.5. The van der Waals surface area contributed by atoms with Gasteiger partial charge in [-0.05, 0) is 76.6 Å². The normalized spacial score (nSPS) is 14.3. The number of aryl methyl sites for hydroxylation is 2. The molecular formula is C29H36BrNO7S2. The summed E-state index contributed by atoms with van der Waals surface area (Å²) in [4.78, 5) is 0.0723. The van der Waals surface area contributed by atoms with Crippen LogP contribution >= 0.6 is 15.9 Å². The maximum atomic E-state index is 14.0. The van der Waals surface area contributed by atoms with Crippen molar-refractivity contribution in [3.05, 3.63) is 94.0 Å². The summed E-state index contributed by atoms with van der Waals surface area (Å²) in [5.41, 5.74) is 2.53. The Hall–Kier alpha value is -2.12. The van der Waals surface area contributed by atoms with E-state index in [4.69, 9.17) is 13.7 Å². The van der Waals surface area contributed by atoms with Crippen LogP contribution in [0.4, 0.5) is 0 Å². The highest BCUT2D eigenvalue weighted by Gasteiger charge is 2.35. The Labute approximate surface area is 246 Å². The summed E-state index contributed by atoms with van der Waals surface area (Å²) in [5.74, 6) is -1.04. The Morgan fingerprint density at radius 3 is 1.82 bits per heavy atom. The highest BCUT2D eigenvalue weighted by molar-refractivity contribution is 9.10. The Bertz CT molecular complexity index is 1470. The van der Waals surface area contributed by atoms with Gasteiger partial charge in [-0.1, -0.05) is 63.5 Å². The molecule has 0 saturated carbocycles. The molecule has 2 atom stereocenters. The average molecular weight is 655 g/mol. The highest BCUT2D eigenvalue weighted by atomic mass is 79.9. The van der Waals surface area contributed by atoms with Crippen LogP contribution in [0.3, 0.4) is 0 Å². The number of halogens is 1. The van der Waals surface area contributed by atoms with E-state index in [1.54, 1.807) is 45.0 Å². The van der Waals surface area contributed by atoms with Crippen LogP contribution in [0.2, 0.25) is 0 Å². The first-order valence-electron chi connectivity index (χ1n) is 12.7. The predicted octanol–water partition coefficient (Wildman–Crippen LogP) is 5.99. The molecule has 0 heterocycles. The molecule has 0 unspecified atom stereocenters. The van der Waals surface area contributed by atoms with Crippen molar-refractivity contribution in [2.45, 2.75) is 62.3 Å². The van der Waals surface area contributed by atoms with E-state index in [-0.39, 0.29) is 16.3 Å². The molecule has 218 valence electrons. The summed E-state index contributed by atoms with van der Waals surface area (Å²) < 4.78 is 73.0. The van der Waals surface area contributed by atoms with E-state index in [1.807, 2.05) is 38.1 Å². The number of rotatable bonds is 13. The van der Waals surface area contributed by atoms with Gasteiger partial charge in [0.05, 0.1) is 22.5 Å². The van der Waals surface area contributed by atoms with Gasteiger partial charge in [0.1, 0.15) is 0 Å². The molecule has 0 fully saturated rings. The maximum Gasteiger partial charge on any atom is 0.297 e. The van der Waals surface area contributed by atoms with Crippen molar-refractivity contribution in [3.63, 3.8) is 0 Å². The third-order valence-corrected chi connectivity index (χ3v) is 10.2. The molecule has 0 aliphatic rings. The van der Waals surface area contributed by atoms with Gasteiger partial charge < -0.3 is 9.47 Å². The van der Waals surface area contributed by atoms with E-state index in [1.165, 1.54) is 35.7 Å². The topological polar surface area (TPSA) is 99.2 Å². The van der Waals surface area contributed by atoms with E-state index in [0.717, 1.165) is 21.2 Å². The lowest BCUT2D eigenvalue weighted by molar-refractivity contribution is -0.227. The quantitative estimate of drug-likeness (QED) is 0.165. The summed E-state index contributed by atoms with van der Waals surface area (Å²) in [6.45, 7) is 8.27. The van der Waals surface area contributed by atoms with Gasteiger partial charge in [0.2, 0.25) is 10.0 Å². The van der Waals surface area contributed by atoms with E-state index >= 15 is 0 Å². The summed E-state index contributed by atoms with van der Waals surface area (Å²) in [5, 5.41) is 0. The predicted molar refractivity (Wildman–Crippen MR) is 158 cm³/mol. The van der Waals surface area contributed by atoms with Crippen LogP contribution in [0.1, 0.15) is 43.6 Å². The van der Waals surface area contributed by atoms with Crippen molar-refractivity contribution >= 4 is 36.1 Å². The van der Waals surface area contributed by atoms with Gasteiger partial charge in [-0.25, -0.2) is 8.42 Å². The fourth-order valence-corrected chi connectivity index (χ4v) is 6.71. The smallest absolute Gasteiger partial charge is 0.297 e. The number of hydrogen-bond donors (Lipinski definition) is 0. The minimum Gasteiger partial charge on any atom is -0.354 e. The van der Waals surface area contributed by atoms with Crippen LogP contribution in [0.15, 0.2) is 87.1 Å². The van der Waals surface area contributed by atoms with Crippen LogP contribution in [-0.4, -0.2) is 53.2 Å². The van der Waals surface area contributed by atoms with Crippen molar-refractivity contribution in [2.75, 3.05) is 20.3 Å². The largest absolute Gasteiger partial charge is 0.354 e. The Morgan fingerprint density at radius 2 is 1.32 bits per heavy atom. The van der Waals surface area contributed by atoms with Gasteiger partial charge in [-0.3, -0.25) is 4.18 Å². The molecule has 8 nitrogen and oxygen atoms in total. The van der Waals surface area contributed by atoms with Crippen LogP contribution in [0, 0.1) is 13.8 Å². The average Bonchev–Trinajstić information content (AvgIpc) is 2.90. The minimum absolute atomic E-state index is 0.00356. The van der Waals surface area contributed by atoms with Crippen molar-refractivity contribution in [1.29, 1.82) is 0 Å².